The molecule has 0 aromatic heterocycles. The van der Waals surface area contributed by atoms with Gasteiger partial charge >= 0.3 is 5.97 Å². The molecule has 0 saturated carbocycles. The van der Waals surface area contributed by atoms with Crippen molar-refractivity contribution in [3.63, 3.8) is 0 Å². The van der Waals surface area contributed by atoms with Gasteiger partial charge in [-0.15, -0.1) is 0 Å². The summed E-state index contributed by atoms with van der Waals surface area (Å²) in [4.78, 5) is 36.6. The average Bonchev–Trinajstić information content (AvgIpc) is 2.77. The summed E-state index contributed by atoms with van der Waals surface area (Å²) in [6.45, 7) is 2.99. The second-order valence-corrected chi connectivity index (χ2v) is 8.66. The Bertz CT molecular complexity index is 1050. The number of nitrogens with one attached hydrogen (secondary N) is 1. The van der Waals surface area contributed by atoms with Crippen LogP contribution in [-0.4, -0.2) is 57.8 Å². The average molecular weight is 463 g/mol. The molecule has 2 rings (SSSR count). The molecule has 0 bridgehead atoms. The van der Waals surface area contributed by atoms with Crippen molar-refractivity contribution >= 4 is 27.7 Å². The molecule has 9 nitrogen and oxygen atoms in total. The summed E-state index contributed by atoms with van der Waals surface area (Å²) in [6.07, 6.45) is 0. The van der Waals surface area contributed by atoms with Gasteiger partial charge in [0.25, 0.3) is 5.91 Å². The van der Waals surface area contributed by atoms with Crippen molar-refractivity contribution in [1.82, 2.24) is 9.62 Å². The predicted molar refractivity (Wildman–Crippen MR) is 117 cm³/mol. The van der Waals surface area contributed by atoms with Gasteiger partial charge in [0, 0.05) is 19.2 Å². The van der Waals surface area contributed by atoms with Crippen LogP contribution < -0.4 is 9.46 Å². The maximum atomic E-state index is 12.2. The first-order valence-electron chi connectivity index (χ1n) is 9.84. The van der Waals surface area contributed by atoms with Gasteiger partial charge in [0.15, 0.2) is 12.4 Å². The lowest BCUT2D eigenvalue weighted by Crippen LogP contribution is -2.34. The molecule has 0 aliphatic heterocycles. The molecule has 0 spiro atoms. The van der Waals surface area contributed by atoms with Crippen molar-refractivity contribution in [2.24, 2.45) is 0 Å². The molecule has 32 heavy (non-hydrogen) atoms. The number of likely N-dealkylation sites (N-methyl/N-ethyl adjacent to an activating group) is 1. The van der Waals surface area contributed by atoms with Crippen LogP contribution in [0.5, 0.6) is 5.75 Å². The van der Waals surface area contributed by atoms with E-state index < -0.39 is 35.1 Å². The topological polar surface area (TPSA) is 119 Å². The molecule has 0 radical (unpaired) electrons. The molecule has 172 valence electrons. The Balaban J connectivity index is 1.79. The smallest absolute Gasteiger partial charge is 0.321 e. The van der Waals surface area contributed by atoms with Crippen LogP contribution >= 0.6 is 0 Å². The Morgan fingerprint density at radius 2 is 1.62 bits per heavy atom. The Morgan fingerprint density at radius 1 is 1.00 bits per heavy atom. The number of Topliss-reactive ketones (excluding diaryl/α,β-unsaturated/α-hetero) is 1. The fraction of sp³-hybridized carbons (Fsp3) is 0.318. The molecule has 10 heteroatoms. The van der Waals surface area contributed by atoms with E-state index in [9.17, 15) is 22.8 Å². The van der Waals surface area contributed by atoms with Crippen molar-refractivity contribution < 1.29 is 32.3 Å². The Morgan fingerprint density at radius 3 is 2.19 bits per heavy atom. The minimum absolute atomic E-state index is 0.0959. The highest BCUT2D eigenvalue weighted by Crippen LogP contribution is 2.13. The van der Waals surface area contributed by atoms with Gasteiger partial charge in [-0.05, 0) is 43.7 Å². The number of nitrogens with zero attached hydrogens (tertiary/aromatic N) is 1. The highest BCUT2D eigenvalue weighted by atomic mass is 32.2. The third kappa shape index (κ3) is 7.47. The van der Waals surface area contributed by atoms with Crippen LogP contribution in [0.2, 0.25) is 0 Å². The molecule has 0 atom stereocenters. The Labute approximate surface area is 187 Å². The molecular formula is C22H26N2O7S. The van der Waals surface area contributed by atoms with Crippen molar-refractivity contribution in [3.8, 4) is 5.75 Å². The summed E-state index contributed by atoms with van der Waals surface area (Å²) in [7, 11) is -2.40. The lowest BCUT2D eigenvalue weighted by Gasteiger charge is -2.17. The molecular weight excluding hydrogens is 436 g/mol. The van der Waals surface area contributed by atoms with E-state index in [-0.39, 0.29) is 10.7 Å². The maximum Gasteiger partial charge on any atom is 0.321 e. The van der Waals surface area contributed by atoms with Crippen LogP contribution in [0.15, 0.2) is 53.4 Å². The van der Waals surface area contributed by atoms with Crippen LogP contribution in [0.25, 0.3) is 0 Å². The summed E-state index contributed by atoms with van der Waals surface area (Å²) in [5.41, 5.74) is 1.25. The van der Waals surface area contributed by atoms with E-state index in [0.717, 1.165) is 11.3 Å². The van der Waals surface area contributed by atoms with Crippen molar-refractivity contribution in [2.75, 3.05) is 26.8 Å². The van der Waals surface area contributed by atoms with Crippen molar-refractivity contribution in [2.45, 2.75) is 25.3 Å². The van der Waals surface area contributed by atoms with Gasteiger partial charge in [-0.2, -0.15) is 4.72 Å². The molecule has 0 fully saturated rings. The third-order valence-corrected chi connectivity index (χ3v) is 5.83. The summed E-state index contributed by atoms with van der Waals surface area (Å²) < 4.78 is 36.8. The number of carbonyl (C=O) groups is 3. The highest BCUT2D eigenvalue weighted by molar-refractivity contribution is 7.89. The van der Waals surface area contributed by atoms with Crippen LogP contribution in [0.4, 0.5) is 0 Å². The van der Waals surface area contributed by atoms with Crippen LogP contribution in [-0.2, 0) is 30.9 Å². The summed E-state index contributed by atoms with van der Waals surface area (Å²) >= 11 is 0. The first-order chi connectivity index (χ1) is 15.1. The lowest BCUT2D eigenvalue weighted by atomic mass is 10.2. The SMILES string of the molecule is CCOc1ccc(CN(C)C(=O)COC(=O)CNS(=O)(=O)c2ccc(C(C)=O)cc2)cc1. The van der Waals surface area contributed by atoms with Crippen molar-refractivity contribution in [3.05, 3.63) is 59.7 Å². The van der Waals surface area contributed by atoms with Gasteiger partial charge in [0.2, 0.25) is 10.0 Å². The predicted octanol–water partition coefficient (Wildman–Crippen LogP) is 1.77. The standard InChI is InChI=1S/C22H26N2O7S/c1-4-30-19-9-5-17(6-10-19)14-24(3)21(26)15-31-22(27)13-23-32(28,29)20-11-7-18(8-12-20)16(2)25/h5-12,23H,4,13-15H2,1-3H3. The van der Waals surface area contributed by atoms with Gasteiger partial charge in [0.05, 0.1) is 11.5 Å². The quantitative estimate of drug-likeness (QED) is 0.399. The maximum absolute atomic E-state index is 12.2. The van der Waals surface area contributed by atoms with Gasteiger partial charge in [0.1, 0.15) is 12.3 Å². The number of sulfonamides is 1. The fourth-order valence-electron chi connectivity index (χ4n) is 2.63. The van der Waals surface area contributed by atoms with Crippen molar-refractivity contribution in [1.29, 1.82) is 0 Å². The van der Waals surface area contributed by atoms with E-state index in [1.165, 1.54) is 36.1 Å². The number of carbonyl (C=O) groups excluding carboxylic acids is 3. The van der Waals surface area contributed by atoms with E-state index in [0.29, 0.717) is 18.7 Å². The normalized spacial score (nSPS) is 11.0. The monoisotopic (exact) mass is 462 g/mol. The number of esters is 1. The molecule has 2 aromatic carbocycles. The van der Waals surface area contributed by atoms with Crippen LogP contribution in [0, 0.1) is 0 Å². The Hall–Kier alpha value is -3.24. The zero-order valence-electron chi connectivity index (χ0n) is 18.2. The third-order valence-electron chi connectivity index (χ3n) is 4.41. The molecule has 0 unspecified atom stereocenters. The van der Waals surface area contributed by atoms with Gasteiger partial charge in [-0.25, -0.2) is 8.42 Å². The number of ether oxygens (including phenoxy) is 2. The van der Waals surface area contributed by atoms with Gasteiger partial charge < -0.3 is 14.4 Å². The Kier molecular flexibility index (Phi) is 8.91. The van der Waals surface area contributed by atoms with E-state index in [1.807, 2.05) is 19.1 Å². The second-order valence-electron chi connectivity index (χ2n) is 6.89. The number of hydrogen-bond donors (Lipinski definition) is 1. The minimum Gasteiger partial charge on any atom is -0.494 e. The van der Waals surface area contributed by atoms with E-state index in [2.05, 4.69) is 4.72 Å². The molecule has 0 aliphatic carbocycles. The zero-order valence-corrected chi connectivity index (χ0v) is 19.0. The first kappa shape index (κ1) is 25.0. The summed E-state index contributed by atoms with van der Waals surface area (Å²) in [5.74, 6) is -0.786. The van der Waals surface area contributed by atoms with E-state index in [1.54, 1.807) is 19.2 Å². The molecule has 0 aliphatic rings. The number of benzene rings is 2. The number of amides is 1. The van der Waals surface area contributed by atoms with Crippen LogP contribution in [0.3, 0.4) is 0 Å². The molecule has 0 saturated heterocycles. The second kappa shape index (κ2) is 11.4. The number of hydrogen-bond acceptors (Lipinski definition) is 7. The summed E-state index contributed by atoms with van der Waals surface area (Å²) in [5, 5.41) is 0. The molecule has 1 N–H and O–H groups in total. The van der Waals surface area contributed by atoms with Gasteiger partial charge in [-0.3, -0.25) is 14.4 Å². The minimum atomic E-state index is -3.97. The molecule has 0 heterocycles. The lowest BCUT2D eigenvalue weighted by molar-refractivity contribution is -0.150. The van der Waals surface area contributed by atoms with Crippen LogP contribution in [0.1, 0.15) is 29.8 Å². The molecule has 2 aromatic rings. The summed E-state index contributed by atoms with van der Waals surface area (Å²) in [6, 6.07) is 12.6. The van der Waals surface area contributed by atoms with E-state index >= 15 is 0 Å². The first-order valence-corrected chi connectivity index (χ1v) is 11.3. The fourth-order valence-corrected chi connectivity index (χ4v) is 3.60. The molecule has 1 amide bonds. The number of rotatable bonds is 11. The zero-order chi connectivity index (χ0) is 23.7. The highest BCUT2D eigenvalue weighted by Gasteiger charge is 2.18. The largest absolute Gasteiger partial charge is 0.494 e. The van der Waals surface area contributed by atoms with Gasteiger partial charge in [-0.1, -0.05) is 24.3 Å². The number of ketones is 1. The van der Waals surface area contributed by atoms with E-state index in [4.69, 9.17) is 9.47 Å².